The molecule has 1 aromatic carbocycles. The lowest BCUT2D eigenvalue weighted by molar-refractivity contribution is 0.442. The molecule has 118 valence electrons. The van der Waals surface area contributed by atoms with Crippen molar-refractivity contribution in [3.63, 3.8) is 0 Å². The Morgan fingerprint density at radius 2 is 1.71 bits per heavy atom. The van der Waals surface area contributed by atoms with Crippen molar-refractivity contribution in [1.29, 1.82) is 0 Å². The number of hydrogen-bond donors (Lipinski definition) is 0. The number of benzene rings is 1. The summed E-state index contributed by atoms with van der Waals surface area (Å²) in [7, 11) is 1.70. The predicted octanol–water partition coefficient (Wildman–Crippen LogP) is 3.08. The number of nitrogens with zero attached hydrogens (tertiary/aromatic N) is 2. The normalized spacial score (nSPS) is 23.3. The maximum Gasteiger partial charge on any atom is 0.244 e. The SMILES string of the molecule is CN(c1ccccc1S(=O)(=O)N(C)C)C1CCCCC1Br. The number of halogens is 1. The van der Waals surface area contributed by atoms with Gasteiger partial charge in [0.05, 0.1) is 5.69 Å². The Kier molecular flexibility index (Phi) is 5.33. The van der Waals surface area contributed by atoms with Gasteiger partial charge < -0.3 is 4.90 Å². The summed E-state index contributed by atoms with van der Waals surface area (Å²) in [5.41, 5.74) is 0.780. The second kappa shape index (κ2) is 6.67. The van der Waals surface area contributed by atoms with E-state index in [2.05, 4.69) is 20.8 Å². The lowest BCUT2D eigenvalue weighted by Gasteiger charge is -2.37. The van der Waals surface area contributed by atoms with Crippen molar-refractivity contribution in [3.05, 3.63) is 24.3 Å². The highest BCUT2D eigenvalue weighted by Crippen LogP contribution is 2.34. The highest BCUT2D eigenvalue weighted by atomic mass is 79.9. The average Bonchev–Trinajstić information content (AvgIpc) is 2.47. The minimum Gasteiger partial charge on any atom is -0.369 e. The summed E-state index contributed by atoms with van der Waals surface area (Å²) in [5.74, 6) is 0. The second-order valence-electron chi connectivity index (χ2n) is 5.73. The van der Waals surface area contributed by atoms with Crippen LogP contribution in [0.1, 0.15) is 25.7 Å². The van der Waals surface area contributed by atoms with Gasteiger partial charge >= 0.3 is 0 Å². The van der Waals surface area contributed by atoms with Gasteiger partial charge in [0.2, 0.25) is 10.0 Å². The van der Waals surface area contributed by atoms with E-state index in [0.717, 1.165) is 18.5 Å². The summed E-state index contributed by atoms with van der Waals surface area (Å²) in [6.07, 6.45) is 4.65. The molecule has 0 saturated heterocycles. The molecule has 0 aromatic heterocycles. The zero-order valence-electron chi connectivity index (χ0n) is 12.8. The van der Waals surface area contributed by atoms with Gasteiger partial charge in [-0.3, -0.25) is 0 Å². The number of alkyl halides is 1. The van der Waals surface area contributed by atoms with Gasteiger partial charge in [-0.25, -0.2) is 12.7 Å². The van der Waals surface area contributed by atoms with E-state index in [0.29, 0.717) is 15.8 Å². The summed E-state index contributed by atoms with van der Waals surface area (Å²) >= 11 is 3.76. The first-order valence-electron chi connectivity index (χ1n) is 7.24. The van der Waals surface area contributed by atoms with Crippen molar-refractivity contribution < 1.29 is 8.42 Å². The molecule has 2 unspecified atom stereocenters. The van der Waals surface area contributed by atoms with Crippen LogP contribution in [0.15, 0.2) is 29.2 Å². The van der Waals surface area contributed by atoms with Crippen LogP contribution in [0.5, 0.6) is 0 Å². The van der Waals surface area contributed by atoms with E-state index >= 15 is 0 Å². The Balaban J connectivity index is 2.40. The van der Waals surface area contributed by atoms with Gasteiger partial charge in [0.25, 0.3) is 0 Å². The Morgan fingerprint density at radius 1 is 1.10 bits per heavy atom. The lowest BCUT2D eigenvalue weighted by Crippen LogP contribution is -2.41. The number of rotatable bonds is 4. The molecule has 0 spiro atoms. The van der Waals surface area contributed by atoms with Crippen molar-refractivity contribution in [3.8, 4) is 0 Å². The third kappa shape index (κ3) is 3.43. The fraction of sp³-hybridized carbons (Fsp3) is 0.600. The van der Waals surface area contributed by atoms with Crippen LogP contribution in [0.3, 0.4) is 0 Å². The average molecular weight is 375 g/mol. The van der Waals surface area contributed by atoms with Crippen LogP contribution in [0, 0.1) is 0 Å². The van der Waals surface area contributed by atoms with E-state index in [1.165, 1.54) is 17.1 Å². The van der Waals surface area contributed by atoms with Crippen LogP contribution in [-0.4, -0.2) is 44.7 Å². The summed E-state index contributed by atoms with van der Waals surface area (Å²) in [6, 6.07) is 7.59. The smallest absolute Gasteiger partial charge is 0.244 e. The predicted molar refractivity (Wildman–Crippen MR) is 90.7 cm³/mol. The van der Waals surface area contributed by atoms with Crippen LogP contribution < -0.4 is 4.90 Å². The third-order valence-electron chi connectivity index (χ3n) is 4.15. The first-order valence-corrected chi connectivity index (χ1v) is 9.59. The van der Waals surface area contributed by atoms with E-state index in [-0.39, 0.29) is 0 Å². The highest BCUT2D eigenvalue weighted by molar-refractivity contribution is 9.09. The highest BCUT2D eigenvalue weighted by Gasteiger charge is 2.30. The molecule has 1 aromatic rings. The summed E-state index contributed by atoms with van der Waals surface area (Å²) in [6.45, 7) is 0. The van der Waals surface area contributed by atoms with Gasteiger partial charge in [-0.2, -0.15) is 0 Å². The molecular formula is C15H23BrN2O2S. The van der Waals surface area contributed by atoms with Crippen LogP contribution >= 0.6 is 15.9 Å². The maximum atomic E-state index is 12.5. The van der Waals surface area contributed by atoms with Gasteiger partial charge in [0.15, 0.2) is 0 Å². The molecule has 1 fully saturated rings. The Labute approximate surface area is 136 Å². The molecule has 2 rings (SSSR count). The Hall–Kier alpha value is -0.590. The Morgan fingerprint density at radius 3 is 2.33 bits per heavy atom. The second-order valence-corrected chi connectivity index (χ2v) is 9.03. The lowest BCUT2D eigenvalue weighted by atomic mass is 9.94. The summed E-state index contributed by atoms with van der Waals surface area (Å²) < 4.78 is 26.3. The zero-order valence-corrected chi connectivity index (χ0v) is 15.2. The first-order chi connectivity index (χ1) is 9.85. The van der Waals surface area contributed by atoms with Gasteiger partial charge in [-0.1, -0.05) is 40.9 Å². The van der Waals surface area contributed by atoms with E-state index in [4.69, 9.17) is 0 Å². The molecule has 0 N–H and O–H groups in total. The van der Waals surface area contributed by atoms with Crippen molar-refractivity contribution in [2.75, 3.05) is 26.0 Å². The van der Waals surface area contributed by atoms with Gasteiger partial charge in [-0.05, 0) is 25.0 Å². The fourth-order valence-electron chi connectivity index (χ4n) is 2.84. The van der Waals surface area contributed by atoms with Gasteiger partial charge in [0, 0.05) is 32.0 Å². The molecule has 2 atom stereocenters. The summed E-state index contributed by atoms with van der Waals surface area (Å²) in [5, 5.41) is 0. The van der Waals surface area contributed by atoms with E-state index in [9.17, 15) is 8.42 Å². The molecule has 1 aliphatic rings. The molecule has 0 radical (unpaired) electrons. The molecular weight excluding hydrogens is 352 g/mol. The van der Waals surface area contributed by atoms with E-state index in [1.807, 2.05) is 19.2 Å². The van der Waals surface area contributed by atoms with E-state index in [1.54, 1.807) is 26.2 Å². The molecule has 6 heteroatoms. The molecule has 0 aliphatic heterocycles. The standard InChI is InChI=1S/C15H23BrN2O2S/c1-17(2)21(19,20)15-11-7-6-10-14(15)18(3)13-9-5-4-8-12(13)16/h6-7,10-13H,4-5,8-9H2,1-3H3. The minimum atomic E-state index is -3.43. The molecule has 4 nitrogen and oxygen atoms in total. The van der Waals surface area contributed by atoms with Crippen LogP contribution in [0.2, 0.25) is 0 Å². The Bertz CT molecular complexity index is 589. The van der Waals surface area contributed by atoms with Crippen LogP contribution in [0.4, 0.5) is 5.69 Å². The van der Waals surface area contributed by atoms with Crippen molar-refractivity contribution >= 4 is 31.6 Å². The number of hydrogen-bond acceptors (Lipinski definition) is 3. The molecule has 21 heavy (non-hydrogen) atoms. The number of sulfonamides is 1. The maximum absolute atomic E-state index is 12.5. The van der Waals surface area contributed by atoms with E-state index < -0.39 is 10.0 Å². The zero-order chi connectivity index (χ0) is 15.6. The van der Waals surface area contributed by atoms with Crippen molar-refractivity contribution in [2.24, 2.45) is 0 Å². The van der Waals surface area contributed by atoms with Gasteiger partial charge in [-0.15, -0.1) is 0 Å². The third-order valence-corrected chi connectivity index (χ3v) is 7.08. The first kappa shape index (κ1) is 16.8. The minimum absolute atomic E-state index is 0.331. The number of para-hydroxylation sites is 1. The molecule has 1 aliphatic carbocycles. The largest absolute Gasteiger partial charge is 0.369 e. The molecule has 0 amide bonds. The van der Waals surface area contributed by atoms with Crippen LogP contribution in [0.25, 0.3) is 0 Å². The molecule has 1 saturated carbocycles. The van der Waals surface area contributed by atoms with Crippen molar-refractivity contribution in [2.45, 2.75) is 41.4 Å². The van der Waals surface area contributed by atoms with Crippen molar-refractivity contribution in [1.82, 2.24) is 4.31 Å². The molecule has 0 heterocycles. The summed E-state index contributed by atoms with van der Waals surface area (Å²) in [4.78, 5) is 2.91. The fourth-order valence-corrected chi connectivity index (χ4v) is 4.91. The topological polar surface area (TPSA) is 40.6 Å². The van der Waals surface area contributed by atoms with Gasteiger partial charge in [0.1, 0.15) is 4.90 Å². The quantitative estimate of drug-likeness (QED) is 0.760. The monoisotopic (exact) mass is 374 g/mol. The number of anilines is 1. The van der Waals surface area contributed by atoms with Crippen LogP contribution in [-0.2, 0) is 10.0 Å². The molecule has 0 bridgehead atoms.